The highest BCUT2D eigenvalue weighted by Gasteiger charge is 2.04. The van der Waals surface area contributed by atoms with E-state index in [0.717, 1.165) is 18.4 Å². The molecule has 0 bridgehead atoms. The maximum absolute atomic E-state index is 13.1. The summed E-state index contributed by atoms with van der Waals surface area (Å²) < 4.78 is 13.1. The van der Waals surface area contributed by atoms with E-state index >= 15 is 0 Å². The van der Waals surface area contributed by atoms with E-state index in [1.165, 1.54) is 6.07 Å². The van der Waals surface area contributed by atoms with Gasteiger partial charge in [-0.15, -0.1) is 11.6 Å². The minimum atomic E-state index is -0.200. The van der Waals surface area contributed by atoms with Crippen LogP contribution >= 0.6 is 23.2 Å². The number of alkyl halides is 1. The standard InChI is InChI=1S/C10H11Cl2F/c1-7-5-9(12)8(3-2-4-11)6-10(7)13/h5-6H,2-4H2,1H3. The Morgan fingerprint density at radius 2 is 2.08 bits per heavy atom. The van der Waals surface area contributed by atoms with Gasteiger partial charge >= 0.3 is 0 Å². The van der Waals surface area contributed by atoms with Crippen molar-refractivity contribution in [1.29, 1.82) is 0 Å². The molecular weight excluding hydrogens is 210 g/mol. The summed E-state index contributed by atoms with van der Waals surface area (Å²) in [7, 11) is 0. The fourth-order valence-electron chi connectivity index (χ4n) is 1.14. The topological polar surface area (TPSA) is 0 Å². The lowest BCUT2D eigenvalue weighted by Crippen LogP contribution is -1.92. The molecule has 0 amide bonds. The van der Waals surface area contributed by atoms with Gasteiger partial charge in [-0.05, 0) is 43.0 Å². The van der Waals surface area contributed by atoms with Crippen LogP contribution in [0.1, 0.15) is 17.5 Å². The molecule has 0 atom stereocenters. The van der Waals surface area contributed by atoms with Gasteiger partial charge in [-0.25, -0.2) is 4.39 Å². The third-order valence-electron chi connectivity index (χ3n) is 1.91. The Hall–Kier alpha value is -0.270. The predicted molar refractivity (Wildman–Crippen MR) is 55.2 cm³/mol. The van der Waals surface area contributed by atoms with Crippen molar-refractivity contribution in [3.63, 3.8) is 0 Å². The van der Waals surface area contributed by atoms with Gasteiger partial charge in [0.2, 0.25) is 0 Å². The fraction of sp³-hybridized carbons (Fsp3) is 0.400. The summed E-state index contributed by atoms with van der Waals surface area (Å²) in [5.41, 5.74) is 1.42. The van der Waals surface area contributed by atoms with E-state index < -0.39 is 0 Å². The van der Waals surface area contributed by atoms with Gasteiger partial charge in [-0.1, -0.05) is 11.6 Å². The van der Waals surface area contributed by atoms with Crippen LogP contribution in [0.3, 0.4) is 0 Å². The summed E-state index contributed by atoms with van der Waals surface area (Å²) in [6.07, 6.45) is 1.56. The Morgan fingerprint density at radius 3 is 2.69 bits per heavy atom. The van der Waals surface area contributed by atoms with Crippen LogP contribution in [0.15, 0.2) is 12.1 Å². The highest BCUT2D eigenvalue weighted by atomic mass is 35.5. The highest BCUT2D eigenvalue weighted by Crippen LogP contribution is 2.21. The summed E-state index contributed by atoms with van der Waals surface area (Å²) in [5, 5.41) is 0.629. The smallest absolute Gasteiger partial charge is 0.126 e. The van der Waals surface area contributed by atoms with Crippen LogP contribution in [0.25, 0.3) is 0 Å². The summed E-state index contributed by atoms with van der Waals surface area (Å²) in [5.74, 6) is 0.375. The van der Waals surface area contributed by atoms with Crippen LogP contribution in [-0.4, -0.2) is 5.88 Å². The molecule has 0 fully saturated rings. The molecule has 1 aromatic carbocycles. The minimum Gasteiger partial charge on any atom is -0.207 e. The first-order valence-corrected chi connectivity index (χ1v) is 5.07. The number of benzene rings is 1. The lowest BCUT2D eigenvalue weighted by Gasteiger charge is -2.05. The molecule has 0 aromatic heterocycles. The molecule has 0 radical (unpaired) electrons. The van der Waals surface area contributed by atoms with Gasteiger partial charge in [-0.3, -0.25) is 0 Å². The molecule has 0 unspecified atom stereocenters. The largest absolute Gasteiger partial charge is 0.207 e. The molecule has 0 aliphatic heterocycles. The molecule has 0 aliphatic carbocycles. The fourth-order valence-corrected chi connectivity index (χ4v) is 1.58. The molecule has 0 heterocycles. The van der Waals surface area contributed by atoms with E-state index in [1.54, 1.807) is 13.0 Å². The van der Waals surface area contributed by atoms with E-state index in [4.69, 9.17) is 23.2 Å². The van der Waals surface area contributed by atoms with Crippen LogP contribution in [0.4, 0.5) is 4.39 Å². The Kier molecular flexibility index (Phi) is 4.01. The molecule has 1 rings (SSSR count). The summed E-state index contributed by atoms with van der Waals surface area (Å²) in [6, 6.07) is 3.14. The van der Waals surface area contributed by atoms with Gasteiger partial charge in [0.25, 0.3) is 0 Å². The molecule has 0 N–H and O–H groups in total. The second-order valence-corrected chi connectivity index (χ2v) is 3.77. The van der Waals surface area contributed by atoms with Crippen molar-refractivity contribution in [3.05, 3.63) is 34.1 Å². The lowest BCUT2D eigenvalue weighted by molar-refractivity contribution is 0.615. The second kappa shape index (κ2) is 4.83. The first-order valence-electron chi connectivity index (χ1n) is 4.15. The zero-order chi connectivity index (χ0) is 9.84. The number of hydrogen-bond donors (Lipinski definition) is 0. The van der Waals surface area contributed by atoms with E-state index in [9.17, 15) is 4.39 Å². The SMILES string of the molecule is Cc1cc(Cl)c(CCCCl)cc1F. The molecule has 0 saturated carbocycles. The van der Waals surface area contributed by atoms with Crippen molar-refractivity contribution < 1.29 is 4.39 Å². The molecule has 13 heavy (non-hydrogen) atoms. The molecule has 0 aliphatic rings. The Labute approximate surface area is 87.7 Å². The lowest BCUT2D eigenvalue weighted by atomic mass is 10.1. The van der Waals surface area contributed by atoms with E-state index in [2.05, 4.69) is 0 Å². The third kappa shape index (κ3) is 2.85. The molecule has 0 spiro atoms. The highest BCUT2D eigenvalue weighted by molar-refractivity contribution is 6.31. The van der Waals surface area contributed by atoms with Gasteiger partial charge in [0.15, 0.2) is 0 Å². The summed E-state index contributed by atoms with van der Waals surface area (Å²) in [6.45, 7) is 1.70. The third-order valence-corrected chi connectivity index (χ3v) is 2.53. The second-order valence-electron chi connectivity index (χ2n) is 2.99. The Morgan fingerprint density at radius 1 is 1.38 bits per heavy atom. The average Bonchev–Trinajstić information content (AvgIpc) is 2.09. The van der Waals surface area contributed by atoms with Crippen molar-refractivity contribution in [2.45, 2.75) is 19.8 Å². The zero-order valence-electron chi connectivity index (χ0n) is 7.41. The van der Waals surface area contributed by atoms with Crippen molar-refractivity contribution >= 4 is 23.2 Å². The van der Waals surface area contributed by atoms with E-state index in [1.807, 2.05) is 0 Å². The summed E-state index contributed by atoms with van der Waals surface area (Å²) in [4.78, 5) is 0. The molecule has 3 heteroatoms. The van der Waals surface area contributed by atoms with Gasteiger partial charge in [0.1, 0.15) is 5.82 Å². The van der Waals surface area contributed by atoms with Gasteiger partial charge in [0.05, 0.1) is 0 Å². The molecule has 0 saturated heterocycles. The normalized spacial score (nSPS) is 10.5. The summed E-state index contributed by atoms with van der Waals surface area (Å²) >= 11 is 11.5. The number of aryl methyl sites for hydroxylation is 2. The van der Waals surface area contributed by atoms with Crippen LogP contribution in [0, 0.1) is 12.7 Å². The van der Waals surface area contributed by atoms with Crippen molar-refractivity contribution in [1.82, 2.24) is 0 Å². The monoisotopic (exact) mass is 220 g/mol. The van der Waals surface area contributed by atoms with Gasteiger partial charge in [0, 0.05) is 10.9 Å². The Balaban J connectivity index is 2.88. The number of halogens is 3. The first-order chi connectivity index (χ1) is 6.15. The first kappa shape index (κ1) is 10.8. The van der Waals surface area contributed by atoms with Crippen LogP contribution in [0.5, 0.6) is 0 Å². The van der Waals surface area contributed by atoms with Gasteiger partial charge in [-0.2, -0.15) is 0 Å². The van der Waals surface area contributed by atoms with E-state index in [-0.39, 0.29) is 5.82 Å². The molecular formula is C10H11Cl2F. The quantitative estimate of drug-likeness (QED) is 0.677. The van der Waals surface area contributed by atoms with Crippen molar-refractivity contribution in [2.24, 2.45) is 0 Å². The van der Waals surface area contributed by atoms with E-state index in [0.29, 0.717) is 16.5 Å². The van der Waals surface area contributed by atoms with Crippen LogP contribution < -0.4 is 0 Å². The average molecular weight is 221 g/mol. The van der Waals surface area contributed by atoms with Crippen molar-refractivity contribution in [2.75, 3.05) is 5.88 Å². The van der Waals surface area contributed by atoms with Crippen LogP contribution in [0.2, 0.25) is 5.02 Å². The van der Waals surface area contributed by atoms with Crippen molar-refractivity contribution in [3.8, 4) is 0 Å². The molecule has 1 aromatic rings. The van der Waals surface area contributed by atoms with Gasteiger partial charge < -0.3 is 0 Å². The minimum absolute atomic E-state index is 0.200. The zero-order valence-corrected chi connectivity index (χ0v) is 8.92. The molecule has 0 nitrogen and oxygen atoms in total. The number of rotatable bonds is 3. The maximum atomic E-state index is 13.1. The molecule has 72 valence electrons. The maximum Gasteiger partial charge on any atom is 0.126 e. The number of hydrogen-bond acceptors (Lipinski definition) is 0. The predicted octanol–water partition coefficient (Wildman–Crippen LogP) is 3.96. The Bertz CT molecular complexity index is 297. The van der Waals surface area contributed by atoms with Crippen LogP contribution in [-0.2, 0) is 6.42 Å².